The van der Waals surface area contributed by atoms with Gasteiger partial charge >= 0.3 is 0 Å². The van der Waals surface area contributed by atoms with Gasteiger partial charge in [0.15, 0.2) is 0 Å². The second-order valence-corrected chi connectivity index (χ2v) is 8.55. The molecule has 0 atom stereocenters. The largest absolute Gasteiger partial charge is 0.354 e. The third kappa shape index (κ3) is 3.78. The molecular formula is C17H21ClN4O2S. The van der Waals surface area contributed by atoms with Gasteiger partial charge in [-0.2, -0.15) is 4.31 Å². The quantitative estimate of drug-likeness (QED) is 0.765. The van der Waals surface area contributed by atoms with Crippen molar-refractivity contribution in [3.05, 3.63) is 46.4 Å². The molecule has 1 aromatic heterocycles. The van der Waals surface area contributed by atoms with Crippen LogP contribution in [-0.4, -0.2) is 48.9 Å². The predicted molar refractivity (Wildman–Crippen MR) is 98.7 cm³/mol. The van der Waals surface area contributed by atoms with Crippen LogP contribution in [0, 0.1) is 20.8 Å². The zero-order chi connectivity index (χ0) is 18.2. The zero-order valence-corrected chi connectivity index (χ0v) is 16.1. The smallest absolute Gasteiger partial charge is 0.243 e. The van der Waals surface area contributed by atoms with Gasteiger partial charge in [0.25, 0.3) is 0 Å². The maximum atomic E-state index is 12.9. The van der Waals surface area contributed by atoms with Crippen LogP contribution in [0.4, 0.5) is 5.82 Å². The van der Waals surface area contributed by atoms with Crippen molar-refractivity contribution in [2.45, 2.75) is 25.7 Å². The molecule has 1 aromatic carbocycles. The number of aromatic nitrogens is 2. The first kappa shape index (κ1) is 18.1. The lowest BCUT2D eigenvalue weighted by Crippen LogP contribution is -2.49. The number of benzene rings is 1. The number of sulfonamides is 1. The summed E-state index contributed by atoms with van der Waals surface area (Å²) in [7, 11) is -3.48. The molecule has 0 bridgehead atoms. The molecule has 1 aliphatic rings. The third-order valence-corrected chi connectivity index (χ3v) is 6.56. The standard InChI is InChI=1S/C17H21ClN4O2S/c1-12-4-5-15(13(2)10-12)25(23,24)22-8-6-21(7-9-22)17-11-16(18)19-14(3)20-17/h4-5,10-11H,6-9H2,1-3H3. The molecule has 1 fully saturated rings. The summed E-state index contributed by atoms with van der Waals surface area (Å²) in [5.74, 6) is 1.34. The summed E-state index contributed by atoms with van der Waals surface area (Å²) in [5, 5.41) is 0.396. The van der Waals surface area contributed by atoms with Crippen LogP contribution in [0.1, 0.15) is 17.0 Å². The molecule has 1 saturated heterocycles. The topological polar surface area (TPSA) is 66.4 Å². The molecule has 2 aromatic rings. The molecule has 0 aliphatic carbocycles. The number of anilines is 1. The van der Waals surface area contributed by atoms with E-state index in [9.17, 15) is 8.42 Å². The number of halogens is 1. The van der Waals surface area contributed by atoms with E-state index in [-0.39, 0.29) is 0 Å². The Morgan fingerprint density at radius 3 is 2.28 bits per heavy atom. The van der Waals surface area contributed by atoms with E-state index in [1.54, 1.807) is 19.1 Å². The van der Waals surface area contributed by atoms with Gasteiger partial charge in [0.2, 0.25) is 10.0 Å². The van der Waals surface area contributed by atoms with Crippen LogP contribution in [0.25, 0.3) is 0 Å². The van der Waals surface area contributed by atoms with Crippen molar-refractivity contribution in [3.63, 3.8) is 0 Å². The lowest BCUT2D eigenvalue weighted by molar-refractivity contribution is 0.383. The Hall–Kier alpha value is -1.70. The highest BCUT2D eigenvalue weighted by molar-refractivity contribution is 7.89. The van der Waals surface area contributed by atoms with Crippen LogP contribution < -0.4 is 4.90 Å². The fourth-order valence-electron chi connectivity index (χ4n) is 3.06. The monoisotopic (exact) mass is 380 g/mol. The highest BCUT2D eigenvalue weighted by Crippen LogP contribution is 2.24. The average molecular weight is 381 g/mol. The minimum atomic E-state index is -3.48. The molecule has 0 saturated carbocycles. The van der Waals surface area contributed by atoms with Gasteiger partial charge in [-0.1, -0.05) is 29.3 Å². The van der Waals surface area contributed by atoms with Crippen molar-refractivity contribution in [2.24, 2.45) is 0 Å². The van der Waals surface area contributed by atoms with Crippen LogP contribution >= 0.6 is 11.6 Å². The van der Waals surface area contributed by atoms with Crippen LogP contribution in [0.15, 0.2) is 29.2 Å². The zero-order valence-electron chi connectivity index (χ0n) is 14.5. The summed E-state index contributed by atoms with van der Waals surface area (Å²) in [6, 6.07) is 7.14. The molecule has 0 unspecified atom stereocenters. The number of hydrogen-bond acceptors (Lipinski definition) is 5. The van der Waals surface area contributed by atoms with Crippen molar-refractivity contribution in [3.8, 4) is 0 Å². The molecule has 0 spiro atoms. The normalized spacial score (nSPS) is 16.2. The van der Waals surface area contributed by atoms with E-state index in [0.717, 1.165) is 16.9 Å². The highest BCUT2D eigenvalue weighted by atomic mass is 35.5. The van der Waals surface area contributed by atoms with Crippen molar-refractivity contribution in [1.29, 1.82) is 0 Å². The minimum Gasteiger partial charge on any atom is -0.354 e. The van der Waals surface area contributed by atoms with Gasteiger partial charge in [-0.15, -0.1) is 0 Å². The number of nitrogens with zero attached hydrogens (tertiary/aromatic N) is 4. The second-order valence-electron chi connectivity index (χ2n) is 6.26. The summed E-state index contributed by atoms with van der Waals surface area (Å²) < 4.78 is 27.4. The number of rotatable bonds is 3. The number of piperazine rings is 1. The lowest BCUT2D eigenvalue weighted by Gasteiger charge is -2.35. The first-order valence-corrected chi connectivity index (χ1v) is 9.93. The van der Waals surface area contributed by atoms with Crippen molar-refractivity contribution >= 4 is 27.4 Å². The van der Waals surface area contributed by atoms with Crippen molar-refractivity contribution in [1.82, 2.24) is 14.3 Å². The molecule has 1 aliphatic heterocycles. The van der Waals surface area contributed by atoms with E-state index in [0.29, 0.717) is 42.1 Å². The van der Waals surface area contributed by atoms with E-state index >= 15 is 0 Å². The molecule has 0 N–H and O–H groups in total. The highest BCUT2D eigenvalue weighted by Gasteiger charge is 2.30. The number of hydrogen-bond donors (Lipinski definition) is 0. The Kier molecular flexibility index (Phi) is 4.99. The lowest BCUT2D eigenvalue weighted by atomic mass is 10.2. The first-order chi connectivity index (χ1) is 11.8. The summed E-state index contributed by atoms with van der Waals surface area (Å²) in [6.07, 6.45) is 0. The SMILES string of the molecule is Cc1ccc(S(=O)(=O)N2CCN(c3cc(Cl)nc(C)n3)CC2)c(C)c1. The Bertz CT molecular complexity index is 873. The molecular weight excluding hydrogens is 360 g/mol. The molecule has 0 radical (unpaired) electrons. The Morgan fingerprint density at radius 2 is 1.68 bits per heavy atom. The van der Waals surface area contributed by atoms with Gasteiger partial charge in [0, 0.05) is 32.2 Å². The van der Waals surface area contributed by atoms with E-state index in [4.69, 9.17) is 11.6 Å². The van der Waals surface area contributed by atoms with Crippen molar-refractivity contribution in [2.75, 3.05) is 31.1 Å². The van der Waals surface area contributed by atoms with Crippen molar-refractivity contribution < 1.29 is 8.42 Å². The molecule has 134 valence electrons. The van der Waals surface area contributed by atoms with Crippen LogP contribution in [-0.2, 0) is 10.0 Å². The number of aryl methyl sites for hydroxylation is 3. The molecule has 25 heavy (non-hydrogen) atoms. The second kappa shape index (κ2) is 6.90. The van der Waals surface area contributed by atoms with Gasteiger partial charge < -0.3 is 4.90 Å². The first-order valence-electron chi connectivity index (χ1n) is 8.11. The maximum Gasteiger partial charge on any atom is 0.243 e. The average Bonchev–Trinajstić information content (AvgIpc) is 2.53. The Morgan fingerprint density at radius 1 is 1.00 bits per heavy atom. The molecule has 6 nitrogen and oxygen atoms in total. The molecule has 8 heteroatoms. The molecule has 0 amide bonds. The van der Waals surface area contributed by atoms with Gasteiger partial charge in [-0.05, 0) is 32.4 Å². The fourth-order valence-corrected chi connectivity index (χ4v) is 4.91. The van der Waals surface area contributed by atoms with Gasteiger partial charge in [-0.25, -0.2) is 18.4 Å². The summed E-state index contributed by atoms with van der Waals surface area (Å²) in [4.78, 5) is 10.9. The van der Waals surface area contributed by atoms with Crippen LogP contribution in [0.5, 0.6) is 0 Å². The molecule has 3 rings (SSSR count). The van der Waals surface area contributed by atoms with E-state index < -0.39 is 10.0 Å². The van der Waals surface area contributed by atoms with Crippen LogP contribution in [0.2, 0.25) is 5.15 Å². The Labute approximate surface area is 153 Å². The third-order valence-electron chi connectivity index (χ3n) is 4.30. The summed E-state index contributed by atoms with van der Waals surface area (Å²) in [6.45, 7) is 7.54. The minimum absolute atomic E-state index is 0.382. The van der Waals surface area contributed by atoms with Gasteiger partial charge in [0.05, 0.1) is 4.90 Å². The van der Waals surface area contributed by atoms with E-state index in [2.05, 4.69) is 9.97 Å². The Balaban J connectivity index is 1.77. The molecule has 2 heterocycles. The van der Waals surface area contributed by atoms with Gasteiger partial charge in [-0.3, -0.25) is 0 Å². The van der Waals surface area contributed by atoms with Gasteiger partial charge in [0.1, 0.15) is 16.8 Å². The predicted octanol–water partition coefficient (Wildman–Crippen LogP) is 2.57. The maximum absolute atomic E-state index is 12.9. The summed E-state index contributed by atoms with van der Waals surface area (Å²) in [5.41, 5.74) is 1.83. The fraction of sp³-hybridized carbons (Fsp3) is 0.412. The van der Waals surface area contributed by atoms with E-state index in [1.165, 1.54) is 4.31 Å². The van der Waals surface area contributed by atoms with Crippen LogP contribution in [0.3, 0.4) is 0 Å². The van der Waals surface area contributed by atoms with E-state index in [1.807, 2.05) is 30.9 Å². The summed E-state index contributed by atoms with van der Waals surface area (Å²) >= 11 is 6.00.